The molecule has 1 aliphatic carbocycles. The highest BCUT2D eigenvalue weighted by molar-refractivity contribution is 6.30. The normalized spacial score (nSPS) is 19.1. The third kappa shape index (κ3) is 1.88. The van der Waals surface area contributed by atoms with Crippen molar-refractivity contribution in [2.24, 2.45) is 5.73 Å². The van der Waals surface area contributed by atoms with Crippen molar-refractivity contribution in [1.29, 1.82) is 0 Å². The van der Waals surface area contributed by atoms with E-state index in [9.17, 15) is 0 Å². The van der Waals surface area contributed by atoms with Crippen molar-refractivity contribution in [3.63, 3.8) is 0 Å². The van der Waals surface area contributed by atoms with E-state index in [4.69, 9.17) is 17.3 Å². The monoisotopic (exact) mass is 246 g/mol. The van der Waals surface area contributed by atoms with Gasteiger partial charge in [-0.1, -0.05) is 11.6 Å². The van der Waals surface area contributed by atoms with E-state index >= 15 is 0 Å². The van der Waals surface area contributed by atoms with Crippen LogP contribution in [0.4, 0.5) is 0 Å². The Labute approximate surface area is 106 Å². The molecule has 1 atom stereocenters. The average Bonchev–Trinajstić information content (AvgIpc) is 2.75. The highest BCUT2D eigenvalue weighted by atomic mass is 35.5. The van der Waals surface area contributed by atoms with E-state index in [0.717, 1.165) is 23.6 Å². The van der Waals surface area contributed by atoms with Gasteiger partial charge in [-0.25, -0.2) is 0 Å². The van der Waals surface area contributed by atoms with Gasteiger partial charge < -0.3 is 10.3 Å². The topological polar surface area (TPSA) is 30.9 Å². The molecule has 0 fully saturated rings. The van der Waals surface area contributed by atoms with Gasteiger partial charge in [0.05, 0.1) is 0 Å². The zero-order chi connectivity index (χ0) is 11.8. The largest absolute Gasteiger partial charge is 0.324 e. The van der Waals surface area contributed by atoms with Crippen LogP contribution in [0.3, 0.4) is 0 Å². The van der Waals surface area contributed by atoms with Crippen LogP contribution in [0.1, 0.15) is 30.1 Å². The minimum atomic E-state index is 0.201. The third-order valence-corrected chi connectivity index (χ3v) is 3.71. The van der Waals surface area contributed by atoms with E-state index in [-0.39, 0.29) is 6.04 Å². The van der Waals surface area contributed by atoms with Crippen molar-refractivity contribution in [3.05, 3.63) is 52.8 Å². The first-order valence-corrected chi connectivity index (χ1v) is 6.35. The van der Waals surface area contributed by atoms with E-state index in [1.54, 1.807) is 0 Å². The molecule has 1 unspecified atom stereocenters. The molecule has 0 saturated carbocycles. The van der Waals surface area contributed by atoms with Gasteiger partial charge in [-0.3, -0.25) is 0 Å². The molecule has 88 valence electrons. The Morgan fingerprint density at radius 3 is 2.71 bits per heavy atom. The number of nitrogens with two attached hydrogens (primary N) is 1. The van der Waals surface area contributed by atoms with Gasteiger partial charge in [-0.15, -0.1) is 0 Å². The summed E-state index contributed by atoms with van der Waals surface area (Å²) in [6.07, 6.45) is 5.49. The van der Waals surface area contributed by atoms with Gasteiger partial charge in [0.15, 0.2) is 0 Å². The van der Waals surface area contributed by atoms with Crippen molar-refractivity contribution in [1.82, 2.24) is 4.57 Å². The summed E-state index contributed by atoms with van der Waals surface area (Å²) in [7, 11) is 0. The lowest BCUT2D eigenvalue weighted by atomic mass is 9.93. The van der Waals surface area contributed by atoms with Crippen LogP contribution in [0.5, 0.6) is 0 Å². The van der Waals surface area contributed by atoms with Crippen molar-refractivity contribution >= 4 is 11.6 Å². The van der Waals surface area contributed by atoms with Crippen molar-refractivity contribution in [2.75, 3.05) is 0 Å². The highest BCUT2D eigenvalue weighted by Gasteiger charge is 2.20. The Hall–Kier alpha value is -1.25. The number of rotatable bonds is 1. The first-order chi connectivity index (χ1) is 8.25. The van der Waals surface area contributed by atoms with E-state index in [1.165, 1.54) is 17.7 Å². The Kier molecular flexibility index (Phi) is 2.69. The Morgan fingerprint density at radius 2 is 1.94 bits per heavy atom. The molecule has 1 aromatic heterocycles. The summed E-state index contributed by atoms with van der Waals surface area (Å²) < 4.78 is 2.23. The number of fused-ring (bicyclic) bond motifs is 1. The summed E-state index contributed by atoms with van der Waals surface area (Å²) in [6.45, 7) is 0. The first kappa shape index (κ1) is 10.9. The SMILES string of the molecule is NC1CCCc2c1ccn2-c1ccc(Cl)cc1. The maximum absolute atomic E-state index is 6.13. The number of halogens is 1. The maximum Gasteiger partial charge on any atom is 0.0453 e. The molecule has 0 spiro atoms. The predicted octanol–water partition coefficient (Wildman–Crippen LogP) is 3.47. The van der Waals surface area contributed by atoms with Gasteiger partial charge in [0.2, 0.25) is 0 Å². The second-order valence-electron chi connectivity index (χ2n) is 4.56. The van der Waals surface area contributed by atoms with Crippen molar-refractivity contribution in [2.45, 2.75) is 25.3 Å². The summed E-state index contributed by atoms with van der Waals surface area (Å²) >= 11 is 5.91. The molecule has 3 heteroatoms. The van der Waals surface area contributed by atoms with Crippen LogP contribution in [-0.4, -0.2) is 4.57 Å². The molecule has 0 saturated heterocycles. The third-order valence-electron chi connectivity index (χ3n) is 3.46. The van der Waals surface area contributed by atoms with E-state index in [0.29, 0.717) is 0 Å². The summed E-state index contributed by atoms with van der Waals surface area (Å²) in [5.41, 5.74) is 9.93. The van der Waals surface area contributed by atoms with Crippen molar-refractivity contribution < 1.29 is 0 Å². The van der Waals surface area contributed by atoms with Crippen LogP contribution in [0.2, 0.25) is 5.02 Å². The number of nitrogens with zero attached hydrogens (tertiary/aromatic N) is 1. The first-order valence-electron chi connectivity index (χ1n) is 5.97. The summed E-state index contributed by atoms with van der Waals surface area (Å²) in [6, 6.07) is 10.3. The number of hydrogen-bond donors (Lipinski definition) is 1. The molecule has 3 rings (SSSR count). The van der Waals surface area contributed by atoms with Gasteiger partial charge in [0.1, 0.15) is 0 Å². The zero-order valence-corrected chi connectivity index (χ0v) is 10.3. The summed E-state index contributed by atoms with van der Waals surface area (Å²) in [5.74, 6) is 0. The fraction of sp³-hybridized carbons (Fsp3) is 0.286. The zero-order valence-electron chi connectivity index (χ0n) is 9.57. The second kappa shape index (κ2) is 4.21. The van der Waals surface area contributed by atoms with Crippen LogP contribution in [0.15, 0.2) is 36.5 Å². The summed E-state index contributed by atoms with van der Waals surface area (Å²) in [4.78, 5) is 0. The quantitative estimate of drug-likeness (QED) is 0.821. The lowest BCUT2D eigenvalue weighted by molar-refractivity contribution is 0.560. The number of benzene rings is 1. The fourth-order valence-electron chi connectivity index (χ4n) is 2.57. The van der Waals surface area contributed by atoms with Gasteiger partial charge in [0.25, 0.3) is 0 Å². The van der Waals surface area contributed by atoms with Gasteiger partial charge in [-0.05, 0) is 55.2 Å². The lowest BCUT2D eigenvalue weighted by Gasteiger charge is -2.21. The van der Waals surface area contributed by atoms with Crippen LogP contribution < -0.4 is 5.73 Å². The summed E-state index contributed by atoms with van der Waals surface area (Å²) in [5, 5.41) is 0.770. The molecule has 2 nitrogen and oxygen atoms in total. The molecule has 2 aromatic rings. The van der Waals surface area contributed by atoms with E-state index in [2.05, 4.69) is 16.8 Å². The van der Waals surface area contributed by atoms with E-state index in [1.807, 2.05) is 24.3 Å². The molecular formula is C14H15ClN2. The van der Waals surface area contributed by atoms with E-state index < -0.39 is 0 Å². The average molecular weight is 247 g/mol. The molecule has 0 aliphatic heterocycles. The predicted molar refractivity (Wildman–Crippen MR) is 70.6 cm³/mol. The standard InChI is InChI=1S/C14H15ClN2/c15-10-4-6-11(7-5-10)17-9-8-12-13(16)2-1-3-14(12)17/h4-9,13H,1-3,16H2. The molecule has 17 heavy (non-hydrogen) atoms. The lowest BCUT2D eigenvalue weighted by Crippen LogP contribution is -2.17. The van der Waals surface area contributed by atoms with Gasteiger partial charge in [-0.2, -0.15) is 0 Å². The highest BCUT2D eigenvalue weighted by Crippen LogP contribution is 2.30. The van der Waals surface area contributed by atoms with Crippen LogP contribution in [0, 0.1) is 0 Å². The van der Waals surface area contributed by atoms with Crippen LogP contribution in [-0.2, 0) is 6.42 Å². The van der Waals surface area contributed by atoms with Crippen LogP contribution >= 0.6 is 11.6 Å². The molecule has 1 aliphatic rings. The minimum absolute atomic E-state index is 0.201. The molecule has 1 aromatic carbocycles. The molecule has 1 heterocycles. The van der Waals surface area contributed by atoms with Crippen molar-refractivity contribution in [3.8, 4) is 5.69 Å². The van der Waals surface area contributed by atoms with Crippen LogP contribution in [0.25, 0.3) is 5.69 Å². The fourth-order valence-corrected chi connectivity index (χ4v) is 2.70. The number of aromatic nitrogens is 1. The Morgan fingerprint density at radius 1 is 1.18 bits per heavy atom. The Bertz CT molecular complexity index is 528. The molecular weight excluding hydrogens is 232 g/mol. The van der Waals surface area contributed by atoms with Gasteiger partial charge in [0, 0.05) is 28.6 Å². The second-order valence-corrected chi connectivity index (χ2v) is 5.00. The molecule has 0 radical (unpaired) electrons. The molecule has 0 amide bonds. The minimum Gasteiger partial charge on any atom is -0.324 e. The molecule has 0 bridgehead atoms. The Balaban J connectivity index is 2.07. The molecule has 2 N–H and O–H groups in total. The number of hydrogen-bond acceptors (Lipinski definition) is 1. The maximum atomic E-state index is 6.13. The smallest absolute Gasteiger partial charge is 0.0453 e. The van der Waals surface area contributed by atoms with Gasteiger partial charge >= 0.3 is 0 Å².